The van der Waals surface area contributed by atoms with E-state index in [1.807, 2.05) is 6.92 Å². The third-order valence-electron chi connectivity index (χ3n) is 5.53. The van der Waals surface area contributed by atoms with Gasteiger partial charge in [0, 0.05) is 16.7 Å². The summed E-state index contributed by atoms with van der Waals surface area (Å²) in [5.74, 6) is 0. The van der Waals surface area contributed by atoms with Crippen LogP contribution >= 0.6 is 0 Å². The highest BCUT2D eigenvalue weighted by atomic mass is 32.2. The third-order valence-corrected chi connectivity index (χ3v) is 6.38. The molecule has 0 aliphatic heterocycles. The highest BCUT2D eigenvalue weighted by molar-refractivity contribution is 7.85. The number of aryl methyl sites for hydroxylation is 1. The maximum Gasteiger partial charge on any atom is 0.124 e. The molecular formula is C29H31NO3S. The van der Waals surface area contributed by atoms with E-state index in [0.717, 1.165) is 29.7 Å². The quantitative estimate of drug-likeness (QED) is 0.247. The average molecular weight is 474 g/mol. The Labute approximate surface area is 203 Å². The Hall–Kier alpha value is -3.25. The molecule has 0 aliphatic rings. The van der Waals surface area contributed by atoms with Crippen LogP contribution in [0.1, 0.15) is 22.3 Å². The smallest absolute Gasteiger partial charge is 0.124 e. The first-order valence-corrected chi connectivity index (χ1v) is 12.6. The standard InChI is InChI=1S/C22H24N.C7H8O3S/c1-23(17-20-11-5-2-6-12-20,18-21-13-7-3-8-14-21)19-22-15-9-4-10-16-22;1-6-2-4-7(5-3-6)11(8,9)10/h2-16H,17-19H2,1H3;2-5H,1H3,(H,8,9,10)/q+1;/p-1. The zero-order valence-electron chi connectivity index (χ0n) is 19.7. The van der Waals surface area contributed by atoms with Gasteiger partial charge < -0.3 is 9.04 Å². The van der Waals surface area contributed by atoms with Crippen molar-refractivity contribution in [3.63, 3.8) is 0 Å². The van der Waals surface area contributed by atoms with Crippen LogP contribution in [0.3, 0.4) is 0 Å². The van der Waals surface area contributed by atoms with Crippen molar-refractivity contribution < 1.29 is 17.5 Å². The molecule has 4 rings (SSSR count). The molecule has 34 heavy (non-hydrogen) atoms. The lowest BCUT2D eigenvalue weighted by atomic mass is 10.1. The molecule has 0 saturated carbocycles. The van der Waals surface area contributed by atoms with Gasteiger partial charge in [-0.25, -0.2) is 8.42 Å². The van der Waals surface area contributed by atoms with Gasteiger partial charge in [-0.15, -0.1) is 0 Å². The van der Waals surface area contributed by atoms with E-state index in [-0.39, 0.29) is 4.90 Å². The Balaban J connectivity index is 0.000000248. The van der Waals surface area contributed by atoms with E-state index in [0.29, 0.717) is 0 Å². The van der Waals surface area contributed by atoms with Crippen LogP contribution in [0.2, 0.25) is 0 Å². The van der Waals surface area contributed by atoms with Crippen LogP contribution in [0, 0.1) is 6.92 Å². The summed E-state index contributed by atoms with van der Waals surface area (Å²) in [5, 5.41) is 0. The van der Waals surface area contributed by atoms with Gasteiger partial charge in [0.05, 0.1) is 11.9 Å². The zero-order chi connectivity index (χ0) is 24.4. The fraction of sp³-hybridized carbons (Fsp3) is 0.172. The van der Waals surface area contributed by atoms with Gasteiger partial charge in [0.1, 0.15) is 29.8 Å². The highest BCUT2D eigenvalue weighted by Gasteiger charge is 2.23. The molecular weight excluding hydrogens is 442 g/mol. The molecule has 0 aromatic heterocycles. The molecule has 0 fully saturated rings. The summed E-state index contributed by atoms with van der Waals surface area (Å²) >= 11 is 0. The Morgan fingerprint density at radius 3 is 1.21 bits per heavy atom. The van der Waals surface area contributed by atoms with Crippen molar-refractivity contribution in [3.05, 3.63) is 138 Å². The molecule has 0 saturated heterocycles. The first-order valence-electron chi connectivity index (χ1n) is 11.2. The first kappa shape index (κ1) is 25.4. The number of hydrogen-bond donors (Lipinski definition) is 0. The second-order valence-electron chi connectivity index (χ2n) is 8.82. The minimum Gasteiger partial charge on any atom is -0.744 e. The molecule has 0 bridgehead atoms. The van der Waals surface area contributed by atoms with Gasteiger partial charge in [-0.05, 0) is 19.1 Å². The van der Waals surface area contributed by atoms with Crippen molar-refractivity contribution >= 4 is 10.1 Å². The van der Waals surface area contributed by atoms with Crippen molar-refractivity contribution in [2.75, 3.05) is 7.05 Å². The normalized spacial score (nSPS) is 11.4. The number of rotatable bonds is 7. The SMILES string of the molecule is C[N+](Cc1ccccc1)(Cc1ccccc1)Cc1ccccc1.Cc1ccc(S(=O)(=O)[O-])cc1. The van der Waals surface area contributed by atoms with Crippen LogP contribution < -0.4 is 0 Å². The largest absolute Gasteiger partial charge is 0.744 e. The summed E-state index contributed by atoms with van der Waals surface area (Å²) in [6.07, 6.45) is 0. The lowest BCUT2D eigenvalue weighted by Gasteiger charge is -2.35. The molecule has 5 heteroatoms. The van der Waals surface area contributed by atoms with Gasteiger partial charge in [0.2, 0.25) is 0 Å². The fourth-order valence-electron chi connectivity index (χ4n) is 3.95. The van der Waals surface area contributed by atoms with E-state index >= 15 is 0 Å². The molecule has 0 heterocycles. The predicted octanol–water partition coefficient (Wildman–Crippen LogP) is 5.93. The van der Waals surface area contributed by atoms with Gasteiger partial charge in [0.15, 0.2) is 0 Å². The van der Waals surface area contributed by atoms with E-state index in [1.54, 1.807) is 12.1 Å². The van der Waals surface area contributed by atoms with Gasteiger partial charge in [-0.1, -0.05) is 109 Å². The molecule has 176 valence electrons. The Kier molecular flexibility index (Phi) is 8.77. The molecule has 0 aliphatic carbocycles. The number of nitrogens with zero attached hydrogens (tertiary/aromatic N) is 1. The van der Waals surface area contributed by atoms with Crippen molar-refractivity contribution in [1.29, 1.82) is 0 Å². The van der Waals surface area contributed by atoms with Gasteiger partial charge >= 0.3 is 0 Å². The van der Waals surface area contributed by atoms with E-state index in [1.165, 1.54) is 28.8 Å². The van der Waals surface area contributed by atoms with Gasteiger partial charge in [-0.3, -0.25) is 0 Å². The maximum atomic E-state index is 10.4. The topological polar surface area (TPSA) is 57.2 Å². The number of quaternary nitrogens is 1. The highest BCUT2D eigenvalue weighted by Crippen LogP contribution is 2.21. The van der Waals surface area contributed by atoms with E-state index < -0.39 is 10.1 Å². The van der Waals surface area contributed by atoms with Crippen molar-refractivity contribution in [2.24, 2.45) is 0 Å². The molecule has 0 spiro atoms. The van der Waals surface area contributed by atoms with E-state index in [9.17, 15) is 13.0 Å². The first-order chi connectivity index (χ1) is 16.2. The molecule has 0 amide bonds. The van der Waals surface area contributed by atoms with Crippen LogP contribution in [0.5, 0.6) is 0 Å². The second-order valence-corrected chi connectivity index (χ2v) is 10.2. The zero-order valence-corrected chi connectivity index (χ0v) is 20.5. The van der Waals surface area contributed by atoms with Crippen LogP contribution in [0.25, 0.3) is 0 Å². The molecule has 0 N–H and O–H groups in total. The lowest BCUT2D eigenvalue weighted by molar-refractivity contribution is -0.948. The van der Waals surface area contributed by atoms with Crippen molar-refractivity contribution in [1.82, 2.24) is 0 Å². The molecule has 4 nitrogen and oxygen atoms in total. The second kappa shape index (κ2) is 11.7. The number of hydrogen-bond acceptors (Lipinski definition) is 3. The third kappa shape index (κ3) is 8.27. The lowest BCUT2D eigenvalue weighted by Crippen LogP contribution is -2.41. The summed E-state index contributed by atoms with van der Waals surface area (Å²) in [7, 11) is -1.92. The van der Waals surface area contributed by atoms with Crippen LogP contribution in [-0.2, 0) is 29.8 Å². The Bertz CT molecular complexity index is 1140. The maximum absolute atomic E-state index is 10.4. The van der Waals surface area contributed by atoms with Crippen LogP contribution in [-0.4, -0.2) is 24.5 Å². The Morgan fingerprint density at radius 1 is 0.588 bits per heavy atom. The molecule has 4 aromatic rings. The number of benzene rings is 4. The average Bonchev–Trinajstić information content (AvgIpc) is 2.81. The minimum absolute atomic E-state index is 0.178. The van der Waals surface area contributed by atoms with Crippen LogP contribution in [0.4, 0.5) is 0 Å². The summed E-state index contributed by atoms with van der Waals surface area (Å²) < 4.78 is 32.1. The Morgan fingerprint density at radius 2 is 0.912 bits per heavy atom. The summed E-state index contributed by atoms with van der Waals surface area (Å²) in [6.45, 7) is 4.92. The summed E-state index contributed by atoms with van der Waals surface area (Å²) in [5.41, 5.74) is 5.10. The summed E-state index contributed by atoms with van der Waals surface area (Å²) in [4.78, 5) is -0.178. The van der Waals surface area contributed by atoms with E-state index in [2.05, 4.69) is 98.0 Å². The molecule has 0 unspecified atom stereocenters. The summed E-state index contributed by atoms with van der Waals surface area (Å²) in [6, 6.07) is 38.2. The van der Waals surface area contributed by atoms with Gasteiger partial charge in [-0.2, -0.15) is 0 Å². The minimum atomic E-state index is -4.27. The molecule has 0 atom stereocenters. The predicted molar refractivity (Wildman–Crippen MR) is 136 cm³/mol. The monoisotopic (exact) mass is 473 g/mol. The fourth-order valence-corrected chi connectivity index (χ4v) is 4.41. The van der Waals surface area contributed by atoms with Crippen molar-refractivity contribution in [2.45, 2.75) is 31.5 Å². The van der Waals surface area contributed by atoms with Crippen molar-refractivity contribution in [3.8, 4) is 0 Å². The molecule has 0 radical (unpaired) electrons. The van der Waals surface area contributed by atoms with Gasteiger partial charge in [0.25, 0.3) is 0 Å². The molecule has 4 aromatic carbocycles. The van der Waals surface area contributed by atoms with E-state index in [4.69, 9.17) is 0 Å². The van der Waals surface area contributed by atoms with Crippen LogP contribution in [0.15, 0.2) is 120 Å².